The van der Waals surface area contributed by atoms with Gasteiger partial charge in [-0.3, -0.25) is 4.79 Å². The molecule has 2 N–H and O–H groups in total. The quantitative estimate of drug-likeness (QED) is 0.273. The Labute approximate surface area is 236 Å². The number of thiophene rings is 1. The van der Waals surface area contributed by atoms with Crippen molar-refractivity contribution in [1.29, 1.82) is 0 Å². The van der Waals surface area contributed by atoms with E-state index in [4.69, 9.17) is 9.15 Å². The zero-order valence-electron chi connectivity index (χ0n) is 20.2. The van der Waals surface area contributed by atoms with Gasteiger partial charge in [-0.25, -0.2) is 9.48 Å². The maximum absolute atomic E-state index is 14.1. The SMILES string of the molecule is CC(C)OC(=O)c1c(NC(=O)c2nn3c(c2Br)N[C@@H](c2ccc(Br)o2)C[C@@H]3C(F)(F)F)sc2c1CCCC2. The summed E-state index contributed by atoms with van der Waals surface area (Å²) in [4.78, 5) is 27.3. The van der Waals surface area contributed by atoms with E-state index in [9.17, 15) is 22.8 Å². The molecule has 3 aromatic rings. The highest BCUT2D eigenvalue weighted by molar-refractivity contribution is 9.10. The average molecular weight is 680 g/mol. The number of fused-ring (bicyclic) bond motifs is 2. The van der Waals surface area contributed by atoms with Crippen LogP contribution >= 0.6 is 43.2 Å². The van der Waals surface area contributed by atoms with Gasteiger partial charge in [0.15, 0.2) is 16.4 Å². The molecular weight excluding hydrogens is 657 g/mol. The monoisotopic (exact) mass is 678 g/mol. The number of hydrogen-bond acceptors (Lipinski definition) is 7. The molecule has 1 amide bonds. The Kier molecular flexibility index (Phi) is 7.42. The van der Waals surface area contributed by atoms with Crippen molar-refractivity contribution >= 4 is 65.9 Å². The topological polar surface area (TPSA) is 98.4 Å². The van der Waals surface area contributed by atoms with E-state index in [2.05, 4.69) is 47.6 Å². The number of esters is 1. The number of ether oxygens (including phenoxy) is 1. The summed E-state index contributed by atoms with van der Waals surface area (Å²) >= 11 is 7.75. The van der Waals surface area contributed by atoms with Crippen molar-refractivity contribution < 1.29 is 31.9 Å². The van der Waals surface area contributed by atoms with Gasteiger partial charge in [0, 0.05) is 11.3 Å². The van der Waals surface area contributed by atoms with E-state index < -0.39 is 30.1 Å². The van der Waals surface area contributed by atoms with Crippen LogP contribution in [0.5, 0.6) is 0 Å². The van der Waals surface area contributed by atoms with Crippen LogP contribution in [0.15, 0.2) is 25.7 Å². The third-order valence-corrected chi connectivity index (χ3v) is 8.78. The molecular formula is C24H23Br2F3N4O4S. The predicted molar refractivity (Wildman–Crippen MR) is 142 cm³/mol. The molecule has 38 heavy (non-hydrogen) atoms. The first-order valence-corrected chi connectivity index (χ1v) is 14.4. The molecule has 0 aromatic carbocycles. The second-order valence-electron chi connectivity index (χ2n) is 9.41. The molecule has 3 aromatic heterocycles. The number of furan rings is 1. The molecule has 4 heterocycles. The van der Waals surface area contributed by atoms with Crippen LogP contribution in [0.1, 0.15) is 82.2 Å². The minimum absolute atomic E-state index is 0.00571. The van der Waals surface area contributed by atoms with Gasteiger partial charge in [-0.05, 0) is 89.1 Å². The highest BCUT2D eigenvalue weighted by atomic mass is 79.9. The third-order valence-electron chi connectivity index (χ3n) is 6.39. The number of amides is 1. The first kappa shape index (κ1) is 27.3. The van der Waals surface area contributed by atoms with Crippen molar-refractivity contribution in [3.8, 4) is 0 Å². The first-order valence-electron chi connectivity index (χ1n) is 12.0. The normalized spacial score (nSPS) is 19.1. The van der Waals surface area contributed by atoms with Crippen molar-refractivity contribution in [2.24, 2.45) is 0 Å². The number of carbonyl (C=O) groups is 2. The van der Waals surface area contributed by atoms with Crippen LogP contribution < -0.4 is 10.6 Å². The molecule has 0 saturated heterocycles. The molecule has 0 saturated carbocycles. The summed E-state index contributed by atoms with van der Waals surface area (Å²) in [5.74, 6) is -0.958. The Bertz CT molecular complexity index is 1400. The molecule has 2 aliphatic rings. The van der Waals surface area contributed by atoms with E-state index >= 15 is 0 Å². The summed E-state index contributed by atoms with van der Waals surface area (Å²) < 4.78 is 54.4. The Hall–Kier alpha value is -2.32. The second-order valence-corrected chi connectivity index (χ2v) is 12.1. The van der Waals surface area contributed by atoms with Gasteiger partial charge in [0.05, 0.1) is 22.2 Å². The van der Waals surface area contributed by atoms with Crippen LogP contribution in [0, 0.1) is 0 Å². The fraction of sp³-hybridized carbons (Fsp3) is 0.458. The Balaban J connectivity index is 1.49. The van der Waals surface area contributed by atoms with Gasteiger partial charge in [0.2, 0.25) is 0 Å². The summed E-state index contributed by atoms with van der Waals surface area (Å²) in [6, 6.07) is 0.392. The first-order chi connectivity index (χ1) is 17.9. The summed E-state index contributed by atoms with van der Waals surface area (Å²) in [5, 5.41) is 10.1. The fourth-order valence-corrected chi connectivity index (χ4v) is 6.89. The number of hydrogen-bond donors (Lipinski definition) is 2. The molecule has 1 aliphatic carbocycles. The van der Waals surface area contributed by atoms with Gasteiger partial charge in [-0.15, -0.1) is 11.3 Å². The van der Waals surface area contributed by atoms with Crippen LogP contribution in [0.2, 0.25) is 0 Å². The molecule has 8 nitrogen and oxygen atoms in total. The summed E-state index contributed by atoms with van der Waals surface area (Å²) in [6.45, 7) is 3.47. The van der Waals surface area contributed by atoms with E-state index in [0.29, 0.717) is 27.4 Å². The van der Waals surface area contributed by atoms with Gasteiger partial charge in [-0.1, -0.05) is 0 Å². The zero-order chi connectivity index (χ0) is 27.4. The highest BCUT2D eigenvalue weighted by Crippen LogP contribution is 2.47. The van der Waals surface area contributed by atoms with Crippen molar-refractivity contribution in [2.75, 3.05) is 10.6 Å². The summed E-state index contributed by atoms with van der Waals surface area (Å²) in [5.41, 5.74) is 0.927. The van der Waals surface area contributed by atoms with Gasteiger partial charge >= 0.3 is 12.1 Å². The fourth-order valence-electron chi connectivity index (χ4n) is 4.74. The van der Waals surface area contributed by atoms with Gasteiger partial charge in [0.1, 0.15) is 16.6 Å². The summed E-state index contributed by atoms with van der Waals surface area (Å²) in [7, 11) is 0. The van der Waals surface area contributed by atoms with Crippen molar-refractivity contribution in [3.05, 3.63) is 48.7 Å². The Morgan fingerprint density at radius 3 is 2.66 bits per heavy atom. The molecule has 0 bridgehead atoms. The number of anilines is 2. The van der Waals surface area contributed by atoms with Gasteiger partial charge in [-0.2, -0.15) is 18.3 Å². The molecule has 0 radical (unpaired) electrons. The van der Waals surface area contributed by atoms with E-state index in [0.717, 1.165) is 34.4 Å². The lowest BCUT2D eigenvalue weighted by atomic mass is 9.95. The minimum atomic E-state index is -4.63. The number of nitrogens with zero attached hydrogens (tertiary/aromatic N) is 2. The van der Waals surface area contributed by atoms with Crippen molar-refractivity contribution in [1.82, 2.24) is 9.78 Å². The Morgan fingerprint density at radius 1 is 1.26 bits per heavy atom. The number of carbonyl (C=O) groups excluding carboxylic acids is 2. The lowest BCUT2D eigenvalue weighted by molar-refractivity contribution is -0.174. The molecule has 0 fully saturated rings. The minimum Gasteiger partial charge on any atom is -0.459 e. The van der Waals surface area contributed by atoms with Crippen molar-refractivity contribution in [2.45, 2.75) is 70.3 Å². The van der Waals surface area contributed by atoms with Crippen LogP contribution in [0.3, 0.4) is 0 Å². The molecule has 2 atom stereocenters. The molecule has 0 spiro atoms. The van der Waals surface area contributed by atoms with Crippen LogP contribution in [-0.2, 0) is 17.6 Å². The maximum atomic E-state index is 14.1. The highest BCUT2D eigenvalue weighted by Gasteiger charge is 2.48. The van der Waals surface area contributed by atoms with Gasteiger partial charge in [0.25, 0.3) is 5.91 Å². The lowest BCUT2D eigenvalue weighted by Gasteiger charge is -2.32. The maximum Gasteiger partial charge on any atom is 0.410 e. The van der Waals surface area contributed by atoms with Gasteiger partial charge < -0.3 is 19.8 Å². The Morgan fingerprint density at radius 2 is 2.00 bits per heavy atom. The predicted octanol–water partition coefficient (Wildman–Crippen LogP) is 7.42. The van der Waals surface area contributed by atoms with Crippen LogP contribution in [-0.4, -0.2) is 33.9 Å². The van der Waals surface area contributed by atoms with E-state index in [1.54, 1.807) is 26.0 Å². The lowest BCUT2D eigenvalue weighted by Crippen LogP contribution is -2.35. The molecule has 1 aliphatic heterocycles. The molecule has 14 heteroatoms. The number of aromatic nitrogens is 2. The van der Waals surface area contributed by atoms with Crippen molar-refractivity contribution in [3.63, 3.8) is 0 Å². The van der Waals surface area contributed by atoms with E-state index in [-0.39, 0.29) is 28.5 Å². The number of rotatable bonds is 5. The van der Waals surface area contributed by atoms with E-state index in [1.807, 2.05) is 0 Å². The second kappa shape index (κ2) is 10.3. The smallest absolute Gasteiger partial charge is 0.410 e. The number of halogens is 5. The largest absolute Gasteiger partial charge is 0.459 e. The molecule has 5 rings (SSSR count). The number of nitrogens with one attached hydrogen (secondary N) is 2. The van der Waals surface area contributed by atoms with Crippen LogP contribution in [0.4, 0.5) is 24.0 Å². The van der Waals surface area contributed by atoms with Crippen LogP contribution in [0.25, 0.3) is 0 Å². The molecule has 0 unspecified atom stereocenters. The third kappa shape index (κ3) is 5.14. The standard InChI is InChI=1S/C24H23Br2F3N4O4S/c1-10(2)36-23(35)17-11-5-3-4-6-14(11)38-22(17)31-21(34)19-18(26)20-30-12(13-7-8-16(25)37-13)9-15(24(27,28)29)33(20)32-19/h7-8,10,12,15,30H,3-6,9H2,1-2H3,(H,31,34)/t12-,15-/m1/s1. The zero-order valence-corrected chi connectivity index (χ0v) is 24.2. The number of aryl methyl sites for hydroxylation is 1. The molecule has 204 valence electrons. The summed E-state index contributed by atoms with van der Waals surface area (Å²) in [6.07, 6.45) is -2.01. The average Bonchev–Trinajstić information content (AvgIpc) is 3.52. The van der Waals surface area contributed by atoms with E-state index in [1.165, 1.54) is 11.3 Å². The number of alkyl halides is 3.